The second-order valence-electron chi connectivity index (χ2n) is 6.15. The van der Waals surface area contributed by atoms with Gasteiger partial charge in [-0.05, 0) is 37.2 Å². The van der Waals surface area contributed by atoms with Gasteiger partial charge in [0.2, 0.25) is 0 Å². The largest absolute Gasteiger partial charge is 0.319 e. The van der Waals surface area contributed by atoms with E-state index in [9.17, 15) is 0 Å². The van der Waals surface area contributed by atoms with Crippen LogP contribution in [0, 0.1) is 0 Å². The summed E-state index contributed by atoms with van der Waals surface area (Å²) in [6.07, 6.45) is 1.03. The van der Waals surface area contributed by atoms with Crippen LogP contribution in [0.3, 0.4) is 0 Å². The molecule has 1 heterocycles. The lowest BCUT2D eigenvalue weighted by Gasteiger charge is -2.17. The quantitative estimate of drug-likeness (QED) is 0.520. The Morgan fingerprint density at radius 1 is 0.960 bits per heavy atom. The van der Waals surface area contributed by atoms with Crippen LogP contribution in [-0.4, -0.2) is 39.8 Å². The highest BCUT2D eigenvalue weighted by atomic mass is 32.2. The molecule has 0 fully saturated rings. The summed E-state index contributed by atoms with van der Waals surface area (Å²) in [7, 11) is 0. The number of aromatic nitrogens is 2. The second-order valence-corrected chi connectivity index (χ2v) is 7.21. The number of aryl methyl sites for hydroxylation is 2. The van der Waals surface area contributed by atoms with Gasteiger partial charge < -0.3 is 9.47 Å². The highest BCUT2D eigenvalue weighted by Crippen LogP contribution is 2.24. The minimum atomic E-state index is 0.970. The zero-order valence-corrected chi connectivity index (χ0v) is 16.0. The van der Waals surface area contributed by atoms with E-state index >= 15 is 0 Å². The number of benzene rings is 2. The molecule has 0 aliphatic heterocycles. The molecule has 0 amide bonds. The van der Waals surface area contributed by atoms with Crippen LogP contribution in [0.5, 0.6) is 0 Å². The van der Waals surface area contributed by atoms with Crippen molar-refractivity contribution < 1.29 is 0 Å². The lowest BCUT2D eigenvalue weighted by atomic mass is 10.1. The van der Waals surface area contributed by atoms with Gasteiger partial charge in [-0.3, -0.25) is 0 Å². The number of thioether (sulfide) groups is 1. The monoisotopic (exact) mass is 353 g/mol. The first kappa shape index (κ1) is 18.0. The number of hydrogen-bond acceptors (Lipinski definition) is 3. The lowest BCUT2D eigenvalue weighted by molar-refractivity contribution is 0.324. The van der Waals surface area contributed by atoms with Crippen LogP contribution in [0.15, 0.2) is 59.8 Å². The zero-order valence-electron chi connectivity index (χ0n) is 15.2. The normalized spacial score (nSPS) is 11.5. The molecule has 0 aliphatic rings. The molecule has 0 bridgehead atoms. The van der Waals surface area contributed by atoms with E-state index in [0.717, 1.165) is 49.0 Å². The minimum absolute atomic E-state index is 0.970. The topological polar surface area (TPSA) is 21.1 Å². The molecule has 0 saturated heterocycles. The average molecular weight is 354 g/mol. The number of rotatable bonds is 9. The molecule has 0 aliphatic carbocycles. The van der Waals surface area contributed by atoms with E-state index in [4.69, 9.17) is 4.98 Å². The van der Waals surface area contributed by atoms with Crippen molar-refractivity contribution in [3.63, 3.8) is 0 Å². The van der Waals surface area contributed by atoms with Crippen LogP contribution >= 0.6 is 11.8 Å². The molecule has 0 unspecified atom stereocenters. The third-order valence-electron chi connectivity index (χ3n) is 4.62. The van der Waals surface area contributed by atoms with Crippen LogP contribution < -0.4 is 0 Å². The standard InChI is InChI=1S/C21H27N3S/c1-3-23(4-2)16-17-25-21-22-19-12-8-9-13-20(19)24(21)15-14-18-10-6-5-7-11-18/h5-13H,3-4,14-17H2,1-2H3. The summed E-state index contributed by atoms with van der Waals surface area (Å²) in [5.74, 6) is 1.08. The highest BCUT2D eigenvalue weighted by Gasteiger charge is 2.11. The molecule has 2 aromatic carbocycles. The molecule has 1 aromatic heterocycles. The van der Waals surface area contributed by atoms with Gasteiger partial charge in [0, 0.05) is 18.8 Å². The molecule has 3 nitrogen and oxygen atoms in total. The molecular formula is C21H27N3S. The van der Waals surface area contributed by atoms with Crippen molar-refractivity contribution in [2.24, 2.45) is 0 Å². The Labute approximate surface area is 155 Å². The van der Waals surface area contributed by atoms with Gasteiger partial charge in [0.1, 0.15) is 0 Å². The van der Waals surface area contributed by atoms with Crippen LogP contribution in [-0.2, 0) is 13.0 Å². The number of fused-ring (bicyclic) bond motifs is 1. The molecule has 3 rings (SSSR count). The summed E-state index contributed by atoms with van der Waals surface area (Å²) in [6, 6.07) is 19.2. The van der Waals surface area contributed by atoms with Crippen LogP contribution in [0.4, 0.5) is 0 Å². The predicted molar refractivity (Wildman–Crippen MR) is 108 cm³/mol. The molecule has 4 heteroatoms. The SMILES string of the molecule is CCN(CC)CCSc1nc2ccccc2n1CCc1ccccc1. The number of hydrogen-bond donors (Lipinski definition) is 0. The first-order valence-electron chi connectivity index (χ1n) is 9.16. The first-order valence-corrected chi connectivity index (χ1v) is 10.1. The van der Waals surface area contributed by atoms with Crippen molar-refractivity contribution in [2.75, 3.05) is 25.4 Å². The fourth-order valence-electron chi connectivity index (χ4n) is 3.07. The number of para-hydroxylation sites is 2. The molecule has 0 spiro atoms. The van der Waals surface area contributed by atoms with E-state index in [2.05, 4.69) is 77.9 Å². The van der Waals surface area contributed by atoms with E-state index in [0.29, 0.717) is 0 Å². The molecule has 0 atom stereocenters. The third kappa shape index (κ3) is 4.65. The minimum Gasteiger partial charge on any atom is -0.319 e. The van der Waals surface area contributed by atoms with Crippen LogP contribution in [0.25, 0.3) is 11.0 Å². The maximum Gasteiger partial charge on any atom is 0.169 e. The average Bonchev–Trinajstić information content (AvgIpc) is 3.02. The Hall–Kier alpha value is -1.78. The molecule has 3 aromatic rings. The van der Waals surface area contributed by atoms with Gasteiger partial charge in [-0.2, -0.15) is 0 Å². The van der Waals surface area contributed by atoms with Gasteiger partial charge in [-0.1, -0.05) is 68.1 Å². The van der Waals surface area contributed by atoms with Crippen molar-refractivity contribution in [2.45, 2.75) is 32.0 Å². The van der Waals surface area contributed by atoms with E-state index in [1.165, 1.54) is 11.1 Å². The predicted octanol–water partition coefficient (Wildman–Crippen LogP) is 4.71. The molecule has 0 saturated carbocycles. The van der Waals surface area contributed by atoms with Crippen LogP contribution in [0.2, 0.25) is 0 Å². The maximum atomic E-state index is 4.88. The fraction of sp³-hybridized carbons (Fsp3) is 0.381. The van der Waals surface area contributed by atoms with Crippen molar-refractivity contribution in [1.29, 1.82) is 0 Å². The molecule has 0 N–H and O–H groups in total. The zero-order chi connectivity index (χ0) is 17.5. The van der Waals surface area contributed by atoms with Gasteiger partial charge in [-0.25, -0.2) is 4.98 Å². The summed E-state index contributed by atoms with van der Waals surface area (Å²) in [6.45, 7) is 8.76. The van der Waals surface area contributed by atoms with Gasteiger partial charge in [0.25, 0.3) is 0 Å². The van der Waals surface area contributed by atoms with Crippen molar-refractivity contribution in [3.8, 4) is 0 Å². The van der Waals surface area contributed by atoms with E-state index in [1.807, 2.05) is 11.8 Å². The van der Waals surface area contributed by atoms with E-state index < -0.39 is 0 Å². The maximum absolute atomic E-state index is 4.88. The smallest absolute Gasteiger partial charge is 0.169 e. The highest BCUT2D eigenvalue weighted by molar-refractivity contribution is 7.99. The Kier molecular flexibility index (Phi) is 6.54. The fourth-order valence-corrected chi connectivity index (χ4v) is 4.11. The third-order valence-corrected chi connectivity index (χ3v) is 5.58. The van der Waals surface area contributed by atoms with Gasteiger partial charge in [0.15, 0.2) is 5.16 Å². The summed E-state index contributed by atoms with van der Waals surface area (Å²) < 4.78 is 2.38. The van der Waals surface area contributed by atoms with E-state index in [-0.39, 0.29) is 0 Å². The summed E-state index contributed by atoms with van der Waals surface area (Å²) >= 11 is 1.88. The summed E-state index contributed by atoms with van der Waals surface area (Å²) in [4.78, 5) is 7.34. The van der Waals surface area contributed by atoms with Crippen molar-refractivity contribution in [3.05, 3.63) is 60.2 Å². The van der Waals surface area contributed by atoms with Crippen LogP contribution in [0.1, 0.15) is 19.4 Å². The second kappa shape index (κ2) is 9.07. The van der Waals surface area contributed by atoms with Crippen molar-refractivity contribution in [1.82, 2.24) is 14.5 Å². The lowest BCUT2D eigenvalue weighted by Crippen LogP contribution is -2.25. The Morgan fingerprint density at radius 2 is 1.68 bits per heavy atom. The van der Waals surface area contributed by atoms with Gasteiger partial charge in [0.05, 0.1) is 11.0 Å². The number of imidazole rings is 1. The molecule has 0 radical (unpaired) electrons. The molecule has 25 heavy (non-hydrogen) atoms. The summed E-state index contributed by atoms with van der Waals surface area (Å²) in [5.41, 5.74) is 3.71. The van der Waals surface area contributed by atoms with Crippen molar-refractivity contribution >= 4 is 22.8 Å². The van der Waals surface area contributed by atoms with Gasteiger partial charge >= 0.3 is 0 Å². The van der Waals surface area contributed by atoms with Gasteiger partial charge in [-0.15, -0.1) is 0 Å². The molecule has 132 valence electrons. The summed E-state index contributed by atoms with van der Waals surface area (Å²) in [5, 5.41) is 1.14. The Morgan fingerprint density at radius 3 is 2.44 bits per heavy atom. The first-order chi connectivity index (χ1) is 12.3. The Bertz CT molecular complexity index is 778. The Balaban J connectivity index is 1.75. The number of nitrogens with zero attached hydrogens (tertiary/aromatic N) is 3. The molecular weight excluding hydrogens is 326 g/mol. The van der Waals surface area contributed by atoms with E-state index in [1.54, 1.807) is 0 Å².